The van der Waals surface area contributed by atoms with Crippen LogP contribution < -0.4 is 0 Å². The molecule has 0 saturated carbocycles. The van der Waals surface area contributed by atoms with Crippen LogP contribution in [0.4, 0.5) is 0 Å². The molecule has 0 aromatic heterocycles. The van der Waals surface area contributed by atoms with Crippen molar-refractivity contribution < 1.29 is 9.59 Å². The fraction of sp³-hybridized carbons (Fsp3) is 0.318. The number of allylic oxidation sites excluding steroid dienone is 4. The lowest BCUT2D eigenvalue weighted by Gasteiger charge is -2.04. The Morgan fingerprint density at radius 2 is 1.84 bits per heavy atom. The van der Waals surface area contributed by atoms with Gasteiger partial charge in [0.2, 0.25) is 0 Å². The van der Waals surface area contributed by atoms with Gasteiger partial charge in [-0.05, 0) is 50.0 Å². The molecule has 0 N–H and O–H groups in total. The molecular formula is C22H24O2S. The van der Waals surface area contributed by atoms with Crippen molar-refractivity contribution in [3.05, 3.63) is 76.6 Å². The summed E-state index contributed by atoms with van der Waals surface area (Å²) in [7, 11) is 0. The zero-order valence-corrected chi connectivity index (χ0v) is 15.7. The summed E-state index contributed by atoms with van der Waals surface area (Å²) in [6, 6.07) is 7.82. The lowest BCUT2D eigenvalue weighted by Crippen LogP contribution is -1.93. The second-order valence-corrected chi connectivity index (χ2v) is 7.21. The molecule has 0 spiro atoms. The van der Waals surface area contributed by atoms with Crippen LogP contribution in [0.15, 0.2) is 65.4 Å². The predicted molar refractivity (Wildman–Crippen MR) is 106 cm³/mol. The van der Waals surface area contributed by atoms with E-state index in [9.17, 15) is 9.59 Å². The zero-order chi connectivity index (χ0) is 18.1. The summed E-state index contributed by atoms with van der Waals surface area (Å²) in [5.41, 5.74) is 7.63. The van der Waals surface area contributed by atoms with Crippen LogP contribution in [0.25, 0.3) is 0 Å². The topological polar surface area (TPSA) is 34.1 Å². The van der Waals surface area contributed by atoms with Crippen LogP contribution in [0.5, 0.6) is 0 Å². The molecule has 0 unspecified atom stereocenters. The normalized spacial score (nSPS) is 18.3. The molecule has 0 atom stereocenters. The van der Waals surface area contributed by atoms with Gasteiger partial charge < -0.3 is 0 Å². The second-order valence-electron chi connectivity index (χ2n) is 6.22. The number of hydrogen-bond donors (Lipinski definition) is 0. The summed E-state index contributed by atoms with van der Waals surface area (Å²) in [5, 5.41) is 0. The minimum Gasteiger partial charge on any atom is -0.300 e. The van der Waals surface area contributed by atoms with E-state index in [-0.39, 0.29) is 11.6 Å². The van der Waals surface area contributed by atoms with E-state index in [1.54, 1.807) is 13.8 Å². The van der Waals surface area contributed by atoms with Gasteiger partial charge in [0.1, 0.15) is 5.78 Å². The van der Waals surface area contributed by atoms with Crippen LogP contribution >= 0.6 is 11.8 Å². The van der Waals surface area contributed by atoms with Gasteiger partial charge >= 0.3 is 0 Å². The van der Waals surface area contributed by atoms with E-state index >= 15 is 0 Å². The van der Waals surface area contributed by atoms with Crippen LogP contribution in [0, 0.1) is 0 Å². The summed E-state index contributed by atoms with van der Waals surface area (Å²) < 4.78 is 0. The van der Waals surface area contributed by atoms with E-state index < -0.39 is 0 Å². The van der Waals surface area contributed by atoms with Gasteiger partial charge in [0.05, 0.1) is 0 Å². The molecule has 0 aliphatic heterocycles. The van der Waals surface area contributed by atoms with Gasteiger partial charge in [-0.25, -0.2) is 0 Å². The first-order valence-electron chi connectivity index (χ1n) is 8.49. The van der Waals surface area contributed by atoms with Crippen LogP contribution in [-0.2, 0) is 10.5 Å². The van der Waals surface area contributed by atoms with Crippen LogP contribution in [0.1, 0.15) is 49.0 Å². The Morgan fingerprint density at radius 1 is 1.08 bits per heavy atom. The van der Waals surface area contributed by atoms with E-state index in [4.69, 9.17) is 0 Å². The maximum Gasteiger partial charge on any atom is 0.159 e. The molecular weight excluding hydrogens is 328 g/mol. The molecule has 0 amide bonds. The number of ketones is 2. The van der Waals surface area contributed by atoms with Crippen molar-refractivity contribution in [3.8, 4) is 0 Å². The molecule has 0 heterocycles. The molecule has 2 rings (SSSR count). The van der Waals surface area contributed by atoms with Gasteiger partial charge in [-0.15, -0.1) is 5.73 Å². The van der Waals surface area contributed by atoms with Crippen molar-refractivity contribution in [1.82, 2.24) is 0 Å². The number of rotatable bonds is 7. The van der Waals surface area contributed by atoms with Gasteiger partial charge in [-0.1, -0.05) is 42.0 Å². The standard InChI is InChI=1S/C22H24O2S/c1-17(23)14-19-6-3-4-7-20(9-5-8-19)15-25-16-21-10-12-22(13-11-21)18(2)24/h3,7-13H,5-6,14-16H2,1-2H3/b19-8+,20-9+. The van der Waals surface area contributed by atoms with Crippen LogP contribution in [0.2, 0.25) is 0 Å². The lowest BCUT2D eigenvalue weighted by atomic mass is 10.1. The summed E-state index contributed by atoms with van der Waals surface area (Å²) in [6.45, 7) is 3.22. The third kappa shape index (κ3) is 7.13. The van der Waals surface area contributed by atoms with E-state index in [0.29, 0.717) is 6.42 Å². The summed E-state index contributed by atoms with van der Waals surface area (Å²) in [4.78, 5) is 22.6. The molecule has 2 nitrogen and oxygen atoms in total. The first-order valence-corrected chi connectivity index (χ1v) is 9.65. The molecule has 1 aliphatic carbocycles. The Bertz CT molecular complexity index is 745. The number of carbonyl (C=O) groups is 2. The average molecular weight is 352 g/mol. The smallest absolute Gasteiger partial charge is 0.159 e. The van der Waals surface area contributed by atoms with Crippen molar-refractivity contribution in [1.29, 1.82) is 0 Å². The highest BCUT2D eigenvalue weighted by molar-refractivity contribution is 7.98. The van der Waals surface area contributed by atoms with Crippen molar-refractivity contribution >= 4 is 23.3 Å². The second kappa shape index (κ2) is 10.0. The minimum atomic E-state index is 0.101. The zero-order valence-electron chi connectivity index (χ0n) is 14.9. The fourth-order valence-corrected chi connectivity index (χ4v) is 3.53. The Morgan fingerprint density at radius 3 is 2.52 bits per heavy atom. The summed E-state index contributed by atoms with van der Waals surface area (Å²) >= 11 is 1.85. The Kier molecular flexibility index (Phi) is 7.72. The van der Waals surface area contributed by atoms with Gasteiger partial charge in [0.25, 0.3) is 0 Å². The van der Waals surface area contributed by atoms with E-state index in [2.05, 4.69) is 17.9 Å². The fourth-order valence-electron chi connectivity index (χ4n) is 2.56. The average Bonchev–Trinajstić information content (AvgIpc) is 2.67. The summed E-state index contributed by atoms with van der Waals surface area (Å²) in [6.07, 6.45) is 10.6. The van der Waals surface area contributed by atoms with Gasteiger partial charge in [-0.2, -0.15) is 11.8 Å². The SMILES string of the molecule is CC(=O)C/C1=C/C/C=C(/CSCc2ccc(C(C)=O)cc2)C=C=CC1. The Hall–Kier alpha value is -2.09. The molecule has 0 fully saturated rings. The molecule has 1 aliphatic rings. The summed E-state index contributed by atoms with van der Waals surface area (Å²) in [5.74, 6) is 2.14. The first-order chi connectivity index (χ1) is 12.0. The van der Waals surface area contributed by atoms with Crippen molar-refractivity contribution in [3.63, 3.8) is 0 Å². The molecule has 1 aromatic rings. The molecule has 0 saturated heterocycles. The van der Waals surface area contributed by atoms with E-state index in [1.807, 2.05) is 48.2 Å². The highest BCUT2D eigenvalue weighted by Gasteiger charge is 2.02. The van der Waals surface area contributed by atoms with E-state index in [1.165, 1.54) is 16.7 Å². The van der Waals surface area contributed by atoms with Gasteiger partial charge in [0, 0.05) is 23.5 Å². The van der Waals surface area contributed by atoms with E-state index in [0.717, 1.165) is 29.9 Å². The Balaban J connectivity index is 1.89. The lowest BCUT2D eigenvalue weighted by molar-refractivity contribution is -0.116. The quantitative estimate of drug-likeness (QED) is 0.371. The number of carbonyl (C=O) groups excluding carboxylic acids is 2. The van der Waals surface area contributed by atoms with Gasteiger partial charge in [0.15, 0.2) is 5.78 Å². The maximum absolute atomic E-state index is 11.3. The molecule has 130 valence electrons. The number of benzene rings is 1. The Labute approximate surface area is 154 Å². The maximum atomic E-state index is 11.3. The van der Waals surface area contributed by atoms with Crippen molar-refractivity contribution in [2.45, 2.75) is 38.9 Å². The first kappa shape index (κ1) is 19.2. The highest BCUT2D eigenvalue weighted by Crippen LogP contribution is 2.19. The predicted octanol–water partition coefficient (Wildman–Crippen LogP) is 5.46. The molecule has 0 radical (unpaired) electrons. The molecule has 0 bridgehead atoms. The number of hydrogen-bond acceptors (Lipinski definition) is 3. The van der Waals surface area contributed by atoms with Crippen LogP contribution in [0.3, 0.4) is 0 Å². The van der Waals surface area contributed by atoms with Crippen molar-refractivity contribution in [2.24, 2.45) is 0 Å². The number of thioether (sulfide) groups is 1. The highest BCUT2D eigenvalue weighted by atomic mass is 32.2. The van der Waals surface area contributed by atoms with Crippen LogP contribution in [-0.4, -0.2) is 17.3 Å². The third-order valence-corrected chi connectivity index (χ3v) is 4.99. The third-order valence-electron chi connectivity index (χ3n) is 3.91. The van der Waals surface area contributed by atoms with Crippen molar-refractivity contribution in [2.75, 3.05) is 5.75 Å². The van der Waals surface area contributed by atoms with Gasteiger partial charge in [-0.3, -0.25) is 9.59 Å². The number of Topliss-reactive ketones (excluding diaryl/α,β-unsaturated/α-hetero) is 2. The molecule has 25 heavy (non-hydrogen) atoms. The molecule has 1 aromatic carbocycles. The monoisotopic (exact) mass is 352 g/mol. The minimum absolute atomic E-state index is 0.101. The largest absolute Gasteiger partial charge is 0.300 e. The molecule has 3 heteroatoms.